The second kappa shape index (κ2) is 2.88. The zero-order valence-corrected chi connectivity index (χ0v) is 6.79. The van der Waals surface area contributed by atoms with Crippen LogP contribution in [0.1, 0.15) is 18.7 Å². The highest BCUT2D eigenvalue weighted by atomic mass is 16.4. The van der Waals surface area contributed by atoms with Crippen LogP contribution in [0.25, 0.3) is 0 Å². The fourth-order valence-corrected chi connectivity index (χ4v) is 1.51. The number of rotatable bonds is 1. The molecule has 4 nitrogen and oxygen atoms in total. The number of oxazole rings is 1. The molecule has 1 saturated heterocycles. The highest BCUT2D eigenvalue weighted by molar-refractivity contribution is 4.99. The van der Waals surface area contributed by atoms with Gasteiger partial charge in [0.1, 0.15) is 11.9 Å². The summed E-state index contributed by atoms with van der Waals surface area (Å²) in [7, 11) is 0. The van der Waals surface area contributed by atoms with Gasteiger partial charge in [-0.3, -0.25) is 0 Å². The number of aromatic nitrogens is 1. The Kier molecular flexibility index (Phi) is 1.86. The van der Waals surface area contributed by atoms with Crippen molar-refractivity contribution in [3.63, 3.8) is 0 Å². The van der Waals surface area contributed by atoms with Crippen LogP contribution in [0.4, 0.5) is 0 Å². The van der Waals surface area contributed by atoms with Crippen molar-refractivity contribution in [3.8, 4) is 0 Å². The Hall–Kier alpha value is -0.870. The van der Waals surface area contributed by atoms with E-state index in [1.54, 1.807) is 6.20 Å². The second-order valence-corrected chi connectivity index (χ2v) is 3.12. The Morgan fingerprint density at radius 1 is 1.50 bits per heavy atom. The zero-order chi connectivity index (χ0) is 8.44. The number of hydrogen-bond donors (Lipinski definition) is 2. The van der Waals surface area contributed by atoms with E-state index in [9.17, 15) is 5.11 Å². The highest BCUT2D eigenvalue weighted by Gasteiger charge is 2.35. The van der Waals surface area contributed by atoms with Crippen LogP contribution in [0.2, 0.25) is 0 Å². The van der Waals surface area contributed by atoms with E-state index in [1.807, 2.05) is 0 Å². The van der Waals surface area contributed by atoms with Gasteiger partial charge >= 0.3 is 0 Å². The molecule has 0 bridgehead atoms. The van der Waals surface area contributed by atoms with Crippen LogP contribution in [0, 0.1) is 0 Å². The first kappa shape index (κ1) is 7.76. The van der Waals surface area contributed by atoms with Gasteiger partial charge in [0, 0.05) is 0 Å². The average molecular weight is 168 g/mol. The summed E-state index contributed by atoms with van der Waals surface area (Å²) in [4.78, 5) is 3.97. The normalized spacial score (nSPS) is 22.4. The SMILES string of the molecule is OC1(c2ncco2)CCNCC1. The zero-order valence-electron chi connectivity index (χ0n) is 6.79. The molecular weight excluding hydrogens is 156 g/mol. The molecule has 0 unspecified atom stereocenters. The molecule has 66 valence electrons. The summed E-state index contributed by atoms with van der Waals surface area (Å²) in [6.07, 6.45) is 4.41. The van der Waals surface area contributed by atoms with E-state index < -0.39 is 5.60 Å². The smallest absolute Gasteiger partial charge is 0.226 e. The minimum atomic E-state index is -0.839. The first-order valence-electron chi connectivity index (χ1n) is 4.14. The van der Waals surface area contributed by atoms with E-state index in [0.29, 0.717) is 18.7 Å². The van der Waals surface area contributed by atoms with Gasteiger partial charge in [0.2, 0.25) is 5.89 Å². The lowest BCUT2D eigenvalue weighted by Crippen LogP contribution is -2.39. The van der Waals surface area contributed by atoms with E-state index in [1.165, 1.54) is 6.26 Å². The van der Waals surface area contributed by atoms with Gasteiger partial charge in [0.05, 0.1) is 6.20 Å². The molecule has 0 radical (unpaired) electrons. The summed E-state index contributed by atoms with van der Waals surface area (Å²) in [6, 6.07) is 0. The Morgan fingerprint density at radius 2 is 2.25 bits per heavy atom. The molecule has 2 heterocycles. The Bertz CT molecular complexity index is 240. The molecule has 0 spiro atoms. The highest BCUT2D eigenvalue weighted by Crippen LogP contribution is 2.28. The average Bonchev–Trinajstić information content (AvgIpc) is 2.58. The van der Waals surface area contributed by atoms with Gasteiger partial charge in [-0.1, -0.05) is 0 Å². The van der Waals surface area contributed by atoms with Gasteiger partial charge in [-0.2, -0.15) is 0 Å². The molecule has 0 saturated carbocycles. The van der Waals surface area contributed by atoms with E-state index in [4.69, 9.17) is 4.42 Å². The Morgan fingerprint density at radius 3 is 2.83 bits per heavy atom. The molecule has 0 aromatic carbocycles. The Labute approximate surface area is 70.6 Å². The van der Waals surface area contributed by atoms with Gasteiger partial charge in [0.15, 0.2) is 0 Å². The predicted octanol–water partition coefficient (Wildman–Crippen LogP) is 0.246. The van der Waals surface area contributed by atoms with Gasteiger partial charge < -0.3 is 14.8 Å². The van der Waals surface area contributed by atoms with E-state index in [-0.39, 0.29) is 0 Å². The largest absolute Gasteiger partial charge is 0.446 e. The predicted molar refractivity (Wildman–Crippen MR) is 42.5 cm³/mol. The van der Waals surface area contributed by atoms with E-state index in [0.717, 1.165) is 13.1 Å². The minimum Gasteiger partial charge on any atom is -0.446 e. The summed E-state index contributed by atoms with van der Waals surface area (Å²) in [5.41, 5.74) is -0.839. The van der Waals surface area contributed by atoms with Crippen molar-refractivity contribution in [2.24, 2.45) is 0 Å². The second-order valence-electron chi connectivity index (χ2n) is 3.12. The lowest BCUT2D eigenvalue weighted by atomic mass is 9.92. The number of aliphatic hydroxyl groups is 1. The Balaban J connectivity index is 2.19. The molecule has 12 heavy (non-hydrogen) atoms. The topological polar surface area (TPSA) is 58.3 Å². The van der Waals surface area contributed by atoms with Gasteiger partial charge in [-0.15, -0.1) is 0 Å². The summed E-state index contributed by atoms with van der Waals surface area (Å²) >= 11 is 0. The van der Waals surface area contributed by atoms with Crippen LogP contribution in [0.15, 0.2) is 16.9 Å². The van der Waals surface area contributed by atoms with Gasteiger partial charge in [0.25, 0.3) is 0 Å². The van der Waals surface area contributed by atoms with Crippen LogP contribution >= 0.6 is 0 Å². The molecule has 0 amide bonds. The molecule has 1 aliphatic rings. The molecule has 1 aromatic heterocycles. The number of hydrogen-bond acceptors (Lipinski definition) is 4. The molecule has 2 rings (SSSR count). The fraction of sp³-hybridized carbons (Fsp3) is 0.625. The van der Waals surface area contributed by atoms with Crippen molar-refractivity contribution in [3.05, 3.63) is 18.4 Å². The molecule has 0 aliphatic carbocycles. The maximum Gasteiger partial charge on any atom is 0.226 e. The van der Waals surface area contributed by atoms with Gasteiger partial charge in [-0.25, -0.2) is 4.98 Å². The maximum atomic E-state index is 10.0. The first-order chi connectivity index (χ1) is 5.81. The number of piperidine rings is 1. The monoisotopic (exact) mass is 168 g/mol. The molecule has 1 aliphatic heterocycles. The summed E-state index contributed by atoms with van der Waals surface area (Å²) in [6.45, 7) is 1.64. The number of nitrogens with zero attached hydrogens (tertiary/aromatic N) is 1. The third-order valence-electron chi connectivity index (χ3n) is 2.26. The van der Waals surface area contributed by atoms with Crippen LogP contribution in [0.5, 0.6) is 0 Å². The van der Waals surface area contributed by atoms with Crippen LogP contribution in [-0.4, -0.2) is 23.2 Å². The van der Waals surface area contributed by atoms with Crippen molar-refractivity contribution in [1.29, 1.82) is 0 Å². The van der Waals surface area contributed by atoms with Crippen LogP contribution < -0.4 is 5.32 Å². The molecular formula is C8H12N2O2. The van der Waals surface area contributed by atoms with Crippen molar-refractivity contribution in [2.75, 3.05) is 13.1 Å². The third kappa shape index (κ3) is 1.23. The lowest BCUT2D eigenvalue weighted by molar-refractivity contribution is -0.0185. The van der Waals surface area contributed by atoms with Crippen molar-refractivity contribution >= 4 is 0 Å². The molecule has 1 fully saturated rings. The van der Waals surface area contributed by atoms with Crippen LogP contribution in [-0.2, 0) is 5.60 Å². The molecule has 4 heteroatoms. The molecule has 1 aromatic rings. The van der Waals surface area contributed by atoms with Gasteiger partial charge in [-0.05, 0) is 25.9 Å². The van der Waals surface area contributed by atoms with Crippen molar-refractivity contribution in [1.82, 2.24) is 10.3 Å². The third-order valence-corrected chi connectivity index (χ3v) is 2.26. The first-order valence-corrected chi connectivity index (χ1v) is 4.14. The van der Waals surface area contributed by atoms with Crippen molar-refractivity contribution in [2.45, 2.75) is 18.4 Å². The standard InChI is InChI=1S/C8H12N2O2/c11-8(1-3-9-4-2-8)7-10-5-6-12-7/h5-6,9,11H,1-4H2. The summed E-state index contributed by atoms with van der Waals surface area (Å²) in [5.74, 6) is 0.448. The van der Waals surface area contributed by atoms with Crippen LogP contribution in [0.3, 0.4) is 0 Å². The number of nitrogens with one attached hydrogen (secondary N) is 1. The van der Waals surface area contributed by atoms with E-state index in [2.05, 4.69) is 10.3 Å². The maximum absolute atomic E-state index is 10.0. The molecule has 2 N–H and O–H groups in total. The molecule has 0 atom stereocenters. The quantitative estimate of drug-likeness (QED) is 0.631. The van der Waals surface area contributed by atoms with E-state index >= 15 is 0 Å². The van der Waals surface area contributed by atoms with Crippen molar-refractivity contribution < 1.29 is 9.52 Å². The fourth-order valence-electron chi connectivity index (χ4n) is 1.51. The minimum absolute atomic E-state index is 0.448. The lowest BCUT2D eigenvalue weighted by Gasteiger charge is -2.29. The summed E-state index contributed by atoms with van der Waals surface area (Å²) in [5, 5.41) is 13.2. The summed E-state index contributed by atoms with van der Waals surface area (Å²) < 4.78 is 5.09.